The van der Waals surface area contributed by atoms with Gasteiger partial charge < -0.3 is 20.9 Å². The van der Waals surface area contributed by atoms with Crippen molar-refractivity contribution in [3.8, 4) is 0 Å². The van der Waals surface area contributed by atoms with E-state index < -0.39 is 23.1 Å². The Bertz CT molecular complexity index is 1200. The van der Waals surface area contributed by atoms with Crippen LogP contribution in [0.25, 0.3) is 11.0 Å². The van der Waals surface area contributed by atoms with E-state index in [-0.39, 0.29) is 39.1 Å². The fourth-order valence-electron chi connectivity index (χ4n) is 3.72. The molecule has 6 nitrogen and oxygen atoms in total. The highest BCUT2D eigenvalue weighted by atomic mass is 35.5. The summed E-state index contributed by atoms with van der Waals surface area (Å²) in [4.78, 5) is 13.3. The van der Waals surface area contributed by atoms with Gasteiger partial charge in [0.05, 0.1) is 16.2 Å². The highest BCUT2D eigenvalue weighted by molar-refractivity contribution is 6.31. The van der Waals surface area contributed by atoms with Crippen LogP contribution in [0.5, 0.6) is 0 Å². The van der Waals surface area contributed by atoms with Crippen LogP contribution >= 0.6 is 11.6 Å². The number of aromatic amines is 1. The van der Waals surface area contributed by atoms with E-state index in [1.54, 1.807) is 6.92 Å². The molecule has 0 amide bonds. The van der Waals surface area contributed by atoms with Crippen LogP contribution < -0.4 is 11.1 Å². The number of aromatic nitrogens is 2. The molecule has 2 heterocycles. The molecule has 4 N–H and O–H groups in total. The molecule has 1 fully saturated rings. The Morgan fingerprint density at radius 2 is 1.97 bits per heavy atom. The van der Waals surface area contributed by atoms with Gasteiger partial charge in [-0.25, -0.2) is 27.5 Å². The highest BCUT2D eigenvalue weighted by Crippen LogP contribution is 2.27. The van der Waals surface area contributed by atoms with Gasteiger partial charge in [0.2, 0.25) is 5.95 Å². The lowest BCUT2D eigenvalue weighted by molar-refractivity contribution is 0.0762. The van der Waals surface area contributed by atoms with Gasteiger partial charge in [0.25, 0.3) is 0 Å². The molecule has 1 aliphatic rings. The number of amidine groups is 1. The van der Waals surface area contributed by atoms with E-state index in [0.717, 1.165) is 12.1 Å². The van der Waals surface area contributed by atoms with E-state index in [4.69, 9.17) is 17.3 Å². The predicted octanol–water partition coefficient (Wildman–Crippen LogP) is 4.91. The number of anilines is 1. The molecule has 1 aliphatic heterocycles. The summed E-state index contributed by atoms with van der Waals surface area (Å²) < 4.78 is 55.9. The fourth-order valence-corrected chi connectivity index (χ4v) is 3.89. The van der Waals surface area contributed by atoms with E-state index >= 15 is 0 Å². The van der Waals surface area contributed by atoms with Crippen molar-refractivity contribution < 1.29 is 17.6 Å². The number of nitrogens with zero attached hydrogens (tertiary/aromatic N) is 3. The second-order valence-electron chi connectivity index (χ2n) is 8.31. The zero-order chi connectivity index (χ0) is 23.8. The summed E-state index contributed by atoms with van der Waals surface area (Å²) in [7, 11) is 0. The van der Waals surface area contributed by atoms with Crippen LogP contribution in [0.15, 0.2) is 29.3 Å². The summed E-state index contributed by atoms with van der Waals surface area (Å²) in [5, 5.41) is 2.91. The number of fused-ring (bicyclic) bond motifs is 1. The molecular weight excluding hydrogens is 460 g/mol. The predicted molar refractivity (Wildman–Crippen MR) is 121 cm³/mol. The molecular formula is C22H23ClF4N6. The first-order valence-electron chi connectivity index (χ1n) is 10.5. The molecule has 2 aromatic carbocycles. The lowest BCUT2D eigenvalue weighted by atomic mass is 9.96. The third kappa shape index (κ3) is 5.22. The van der Waals surface area contributed by atoms with Crippen molar-refractivity contribution in [3.05, 3.63) is 52.3 Å². The summed E-state index contributed by atoms with van der Waals surface area (Å²) in [6.07, 6.45) is 0.951. The first-order chi connectivity index (χ1) is 15.6. The molecule has 0 atom stereocenters. The Balaban J connectivity index is 1.54. The van der Waals surface area contributed by atoms with Crippen LogP contribution in [0.1, 0.15) is 25.3 Å². The Kier molecular flexibility index (Phi) is 6.49. The zero-order valence-electron chi connectivity index (χ0n) is 17.9. The minimum atomic E-state index is -1.13. The molecule has 3 aromatic rings. The number of rotatable bonds is 6. The number of hydrogen-bond donors (Lipinski definition) is 3. The Labute approximate surface area is 192 Å². The van der Waals surface area contributed by atoms with Gasteiger partial charge in [-0.05, 0) is 44.0 Å². The van der Waals surface area contributed by atoms with E-state index in [9.17, 15) is 17.6 Å². The fraction of sp³-hybridized carbons (Fsp3) is 0.364. The molecule has 176 valence electrons. The van der Waals surface area contributed by atoms with Crippen molar-refractivity contribution in [1.29, 1.82) is 0 Å². The van der Waals surface area contributed by atoms with E-state index in [1.165, 1.54) is 12.1 Å². The number of benzene rings is 2. The Hall–Kier alpha value is -2.85. The number of nitrogens with one attached hydrogen (secondary N) is 2. The van der Waals surface area contributed by atoms with Crippen molar-refractivity contribution in [2.75, 3.05) is 31.5 Å². The second-order valence-corrected chi connectivity index (χ2v) is 8.71. The van der Waals surface area contributed by atoms with Gasteiger partial charge >= 0.3 is 0 Å². The lowest BCUT2D eigenvalue weighted by Gasteiger charge is -2.34. The van der Waals surface area contributed by atoms with Crippen LogP contribution in [-0.4, -0.2) is 52.6 Å². The molecule has 1 saturated heterocycles. The number of alkyl halides is 1. The number of H-pyrrole nitrogens is 1. The van der Waals surface area contributed by atoms with Gasteiger partial charge in [-0.1, -0.05) is 11.6 Å². The monoisotopic (exact) mass is 482 g/mol. The number of aliphatic imine (C=N–C) groups is 1. The molecule has 33 heavy (non-hydrogen) atoms. The smallest absolute Gasteiger partial charge is 0.201 e. The molecule has 11 heteroatoms. The molecule has 0 saturated carbocycles. The maximum atomic E-state index is 14.4. The van der Waals surface area contributed by atoms with Crippen molar-refractivity contribution >= 4 is 40.1 Å². The molecule has 4 rings (SSSR count). The van der Waals surface area contributed by atoms with Crippen LogP contribution in [0, 0.1) is 17.5 Å². The summed E-state index contributed by atoms with van der Waals surface area (Å²) >= 11 is 5.77. The molecule has 1 aromatic heterocycles. The van der Waals surface area contributed by atoms with Gasteiger partial charge in [-0.2, -0.15) is 0 Å². The minimum absolute atomic E-state index is 0.100. The van der Waals surface area contributed by atoms with Gasteiger partial charge in [0.1, 0.15) is 22.8 Å². The third-order valence-electron chi connectivity index (χ3n) is 5.71. The number of piperidine rings is 1. The molecule has 0 radical (unpaired) electrons. The normalized spacial score (nSPS) is 17.0. The van der Waals surface area contributed by atoms with Gasteiger partial charge in [-0.3, -0.25) is 0 Å². The van der Waals surface area contributed by atoms with E-state index in [2.05, 4.69) is 25.2 Å². The number of halogens is 5. The summed E-state index contributed by atoms with van der Waals surface area (Å²) in [6, 6.07) is 4.68. The molecule has 0 spiro atoms. The van der Waals surface area contributed by atoms with Gasteiger partial charge in [0, 0.05) is 31.7 Å². The average Bonchev–Trinajstić information content (AvgIpc) is 3.19. The van der Waals surface area contributed by atoms with Crippen LogP contribution in [0.3, 0.4) is 0 Å². The van der Waals surface area contributed by atoms with E-state index in [0.29, 0.717) is 39.0 Å². The summed E-state index contributed by atoms with van der Waals surface area (Å²) in [5.41, 5.74) is 5.21. The largest absolute Gasteiger partial charge is 0.383 e. The van der Waals surface area contributed by atoms with Crippen molar-refractivity contribution in [2.24, 2.45) is 10.7 Å². The maximum absolute atomic E-state index is 14.4. The zero-order valence-corrected chi connectivity index (χ0v) is 18.6. The van der Waals surface area contributed by atoms with Crippen LogP contribution in [-0.2, 0) is 0 Å². The van der Waals surface area contributed by atoms with Crippen LogP contribution in [0.2, 0.25) is 5.02 Å². The first kappa shape index (κ1) is 23.3. The third-order valence-corrected chi connectivity index (χ3v) is 6.00. The number of imidazole rings is 1. The van der Waals surface area contributed by atoms with Crippen molar-refractivity contribution in [2.45, 2.75) is 25.4 Å². The molecule has 0 bridgehead atoms. The van der Waals surface area contributed by atoms with Crippen molar-refractivity contribution in [3.63, 3.8) is 0 Å². The SMILES string of the molecule is CC1(F)CCN(CCNc2nc3c(F)c(F)cc(C(N)=Nc4ccc(F)c(Cl)c4)c3[nH]2)CC1. The summed E-state index contributed by atoms with van der Waals surface area (Å²) in [6.45, 7) is 4.03. The average molecular weight is 483 g/mol. The minimum Gasteiger partial charge on any atom is -0.383 e. The first-order valence-corrected chi connectivity index (χ1v) is 10.8. The number of hydrogen-bond acceptors (Lipinski definition) is 4. The number of likely N-dealkylation sites (tertiary alicyclic amines) is 1. The number of nitrogens with two attached hydrogens (primary N) is 1. The lowest BCUT2D eigenvalue weighted by Crippen LogP contribution is -2.41. The van der Waals surface area contributed by atoms with Gasteiger partial charge in [0.15, 0.2) is 11.6 Å². The standard InChI is InChI=1S/C22H23ClF4N6/c1-22(27)4-7-33(8-5-22)9-6-29-21-31-18-13(11-16(25)17(26)19(18)32-21)20(28)30-12-2-3-15(24)14(23)10-12/h2-3,10-11H,4-9H2,1H3,(H2,28,30)(H2,29,31,32). The molecule has 0 unspecified atom stereocenters. The maximum Gasteiger partial charge on any atom is 0.201 e. The molecule has 0 aliphatic carbocycles. The van der Waals surface area contributed by atoms with E-state index in [1.807, 2.05) is 0 Å². The van der Waals surface area contributed by atoms with Crippen molar-refractivity contribution in [1.82, 2.24) is 14.9 Å². The topological polar surface area (TPSA) is 82.3 Å². The Morgan fingerprint density at radius 1 is 1.24 bits per heavy atom. The quantitative estimate of drug-likeness (QED) is 0.265. The van der Waals surface area contributed by atoms with Crippen LogP contribution in [0.4, 0.5) is 29.2 Å². The Morgan fingerprint density at radius 3 is 2.67 bits per heavy atom. The summed E-state index contributed by atoms with van der Waals surface area (Å²) in [5.74, 6) is -2.75. The second kappa shape index (κ2) is 9.18. The van der Waals surface area contributed by atoms with Gasteiger partial charge in [-0.15, -0.1) is 0 Å². The highest BCUT2D eigenvalue weighted by Gasteiger charge is 2.29.